The van der Waals surface area contributed by atoms with E-state index in [4.69, 9.17) is 0 Å². The molecule has 2 heterocycles. The van der Waals surface area contributed by atoms with Gasteiger partial charge >= 0.3 is 0 Å². The molecule has 3 rings (SSSR count). The third-order valence-corrected chi connectivity index (χ3v) is 2.65. The van der Waals surface area contributed by atoms with Gasteiger partial charge in [-0.1, -0.05) is 30.3 Å². The van der Waals surface area contributed by atoms with Gasteiger partial charge in [0.15, 0.2) is 5.82 Å². The van der Waals surface area contributed by atoms with Gasteiger partial charge in [0.25, 0.3) is 0 Å². The fourth-order valence-electron chi connectivity index (χ4n) is 1.89. The first-order chi connectivity index (χ1) is 7.45. The van der Waals surface area contributed by atoms with Crippen molar-refractivity contribution in [1.29, 1.82) is 0 Å². The number of fused-ring (bicyclic) bond motifs is 1. The number of halogens is 2. The Hall–Kier alpha value is -1.10. The standard InChI is InChI=1S/C11H12N4.2ClH/c1-2-4-9(5-3-1)11-14-13-10-8-12-6-7-15(10)11;;/h1-5,12H,6-8H2;2*1H. The van der Waals surface area contributed by atoms with Crippen LogP contribution in [-0.2, 0) is 13.1 Å². The maximum atomic E-state index is 4.24. The molecule has 1 aliphatic rings. The Morgan fingerprint density at radius 2 is 1.82 bits per heavy atom. The van der Waals surface area contributed by atoms with Crippen molar-refractivity contribution in [3.05, 3.63) is 36.2 Å². The Bertz CT molecular complexity index is 470. The van der Waals surface area contributed by atoms with Crippen molar-refractivity contribution in [3.63, 3.8) is 0 Å². The molecule has 1 aromatic carbocycles. The number of benzene rings is 1. The van der Waals surface area contributed by atoms with Gasteiger partial charge in [0, 0.05) is 18.7 Å². The van der Waals surface area contributed by atoms with Crippen LogP contribution in [0, 0.1) is 0 Å². The minimum atomic E-state index is 0. The van der Waals surface area contributed by atoms with Gasteiger partial charge in [0.05, 0.1) is 6.54 Å². The zero-order valence-electron chi connectivity index (χ0n) is 9.17. The highest BCUT2D eigenvalue weighted by Gasteiger charge is 2.15. The number of nitrogens with zero attached hydrogens (tertiary/aromatic N) is 3. The molecule has 0 atom stereocenters. The highest BCUT2D eigenvalue weighted by molar-refractivity contribution is 5.85. The van der Waals surface area contributed by atoms with E-state index >= 15 is 0 Å². The number of aromatic nitrogens is 3. The van der Waals surface area contributed by atoms with Crippen LogP contribution in [0.4, 0.5) is 0 Å². The van der Waals surface area contributed by atoms with Crippen LogP contribution >= 0.6 is 24.8 Å². The molecule has 0 aliphatic carbocycles. The second-order valence-electron chi connectivity index (χ2n) is 3.63. The maximum absolute atomic E-state index is 4.24. The highest BCUT2D eigenvalue weighted by atomic mass is 35.5. The van der Waals surface area contributed by atoms with Gasteiger partial charge in [-0.2, -0.15) is 0 Å². The van der Waals surface area contributed by atoms with Crippen LogP contribution in [0.5, 0.6) is 0 Å². The molecule has 4 nitrogen and oxygen atoms in total. The number of nitrogens with one attached hydrogen (secondary N) is 1. The normalized spacial score (nSPS) is 13.2. The van der Waals surface area contributed by atoms with Crippen LogP contribution in [0.3, 0.4) is 0 Å². The lowest BCUT2D eigenvalue weighted by Gasteiger charge is -2.15. The first kappa shape index (κ1) is 14.0. The summed E-state index contributed by atoms with van der Waals surface area (Å²) in [5.74, 6) is 2.01. The van der Waals surface area contributed by atoms with E-state index in [0.29, 0.717) is 0 Å². The lowest BCUT2D eigenvalue weighted by molar-refractivity contribution is 0.508. The van der Waals surface area contributed by atoms with Crippen molar-refractivity contribution in [3.8, 4) is 11.4 Å². The minimum Gasteiger partial charge on any atom is -0.309 e. The zero-order valence-corrected chi connectivity index (χ0v) is 10.8. The van der Waals surface area contributed by atoms with E-state index in [0.717, 1.165) is 36.8 Å². The Balaban J connectivity index is 0.000000722. The van der Waals surface area contributed by atoms with Crippen LogP contribution in [0.15, 0.2) is 30.3 Å². The Labute approximate surface area is 112 Å². The monoisotopic (exact) mass is 272 g/mol. The van der Waals surface area contributed by atoms with E-state index in [2.05, 4.69) is 32.2 Å². The largest absolute Gasteiger partial charge is 0.309 e. The van der Waals surface area contributed by atoms with Gasteiger partial charge in [0.1, 0.15) is 5.82 Å². The molecule has 0 unspecified atom stereocenters. The second-order valence-corrected chi connectivity index (χ2v) is 3.63. The molecule has 0 saturated carbocycles. The molecule has 0 amide bonds. The molecule has 17 heavy (non-hydrogen) atoms. The van der Waals surface area contributed by atoms with Gasteiger partial charge in [-0.3, -0.25) is 0 Å². The molecule has 0 spiro atoms. The second kappa shape index (κ2) is 6.00. The van der Waals surface area contributed by atoms with E-state index in [1.165, 1.54) is 0 Å². The SMILES string of the molecule is Cl.Cl.c1ccc(-c2nnc3n2CCNC3)cc1. The molecular formula is C11H14Cl2N4. The third-order valence-electron chi connectivity index (χ3n) is 2.65. The fourth-order valence-corrected chi connectivity index (χ4v) is 1.89. The van der Waals surface area contributed by atoms with E-state index in [9.17, 15) is 0 Å². The predicted molar refractivity (Wildman–Crippen MR) is 71.7 cm³/mol. The summed E-state index contributed by atoms with van der Waals surface area (Å²) in [6, 6.07) is 10.2. The molecular weight excluding hydrogens is 259 g/mol. The smallest absolute Gasteiger partial charge is 0.164 e. The van der Waals surface area contributed by atoms with Crippen LogP contribution in [0.1, 0.15) is 5.82 Å². The summed E-state index contributed by atoms with van der Waals surface area (Å²) in [4.78, 5) is 0. The summed E-state index contributed by atoms with van der Waals surface area (Å²) in [5, 5.41) is 11.7. The van der Waals surface area contributed by atoms with Crippen LogP contribution in [0.25, 0.3) is 11.4 Å². The van der Waals surface area contributed by atoms with Crippen molar-refractivity contribution < 1.29 is 0 Å². The summed E-state index contributed by atoms with van der Waals surface area (Å²) in [5.41, 5.74) is 1.14. The van der Waals surface area contributed by atoms with E-state index in [-0.39, 0.29) is 24.8 Å². The van der Waals surface area contributed by atoms with Crippen LogP contribution in [-0.4, -0.2) is 21.3 Å². The molecule has 0 radical (unpaired) electrons. The lowest BCUT2D eigenvalue weighted by Crippen LogP contribution is -2.28. The van der Waals surface area contributed by atoms with Gasteiger partial charge in [0.2, 0.25) is 0 Å². The van der Waals surface area contributed by atoms with E-state index in [1.54, 1.807) is 0 Å². The maximum Gasteiger partial charge on any atom is 0.164 e. The molecule has 0 bridgehead atoms. The first-order valence-corrected chi connectivity index (χ1v) is 5.13. The van der Waals surface area contributed by atoms with Crippen LogP contribution < -0.4 is 5.32 Å². The zero-order chi connectivity index (χ0) is 10.1. The Morgan fingerprint density at radius 1 is 1.06 bits per heavy atom. The quantitative estimate of drug-likeness (QED) is 0.862. The molecule has 1 aromatic heterocycles. The first-order valence-electron chi connectivity index (χ1n) is 5.13. The fraction of sp³-hybridized carbons (Fsp3) is 0.273. The van der Waals surface area contributed by atoms with E-state index < -0.39 is 0 Å². The average Bonchev–Trinajstić information content (AvgIpc) is 2.74. The third kappa shape index (κ3) is 2.60. The predicted octanol–water partition coefficient (Wildman–Crippen LogP) is 1.89. The number of rotatable bonds is 1. The lowest BCUT2D eigenvalue weighted by atomic mass is 10.2. The summed E-state index contributed by atoms with van der Waals surface area (Å²) in [6.45, 7) is 2.76. The van der Waals surface area contributed by atoms with Crippen LogP contribution in [0.2, 0.25) is 0 Å². The number of hydrogen-bond donors (Lipinski definition) is 1. The van der Waals surface area contributed by atoms with Crippen molar-refractivity contribution in [2.75, 3.05) is 6.54 Å². The van der Waals surface area contributed by atoms with Crippen molar-refractivity contribution in [2.24, 2.45) is 0 Å². The van der Waals surface area contributed by atoms with Crippen molar-refractivity contribution >= 4 is 24.8 Å². The molecule has 1 N–H and O–H groups in total. The van der Waals surface area contributed by atoms with Gasteiger partial charge in [-0.15, -0.1) is 35.0 Å². The highest BCUT2D eigenvalue weighted by Crippen LogP contribution is 2.18. The van der Waals surface area contributed by atoms with Crippen molar-refractivity contribution in [2.45, 2.75) is 13.1 Å². The van der Waals surface area contributed by atoms with Crippen molar-refractivity contribution in [1.82, 2.24) is 20.1 Å². The van der Waals surface area contributed by atoms with E-state index in [1.807, 2.05) is 18.2 Å². The molecule has 0 fully saturated rings. The summed E-state index contributed by atoms with van der Waals surface area (Å²) in [7, 11) is 0. The molecule has 92 valence electrons. The summed E-state index contributed by atoms with van der Waals surface area (Å²) >= 11 is 0. The molecule has 6 heteroatoms. The average molecular weight is 273 g/mol. The molecule has 2 aromatic rings. The Kier molecular flexibility index (Phi) is 4.93. The summed E-state index contributed by atoms with van der Waals surface area (Å²) in [6.07, 6.45) is 0. The molecule has 1 aliphatic heterocycles. The summed E-state index contributed by atoms with van der Waals surface area (Å²) < 4.78 is 2.19. The molecule has 0 saturated heterocycles. The van der Waals surface area contributed by atoms with Gasteiger partial charge in [-0.05, 0) is 0 Å². The topological polar surface area (TPSA) is 42.7 Å². The van der Waals surface area contributed by atoms with Gasteiger partial charge < -0.3 is 9.88 Å². The minimum absolute atomic E-state index is 0. The van der Waals surface area contributed by atoms with Gasteiger partial charge in [-0.25, -0.2) is 0 Å². The Morgan fingerprint density at radius 3 is 2.59 bits per heavy atom. The number of hydrogen-bond acceptors (Lipinski definition) is 3.